The molecule has 0 bridgehead atoms. The molecular formula is C6H2ClF12O2P. The Morgan fingerprint density at radius 1 is 0.545 bits per heavy atom. The van der Waals surface area contributed by atoms with Gasteiger partial charge < -0.3 is 0 Å². The molecule has 0 aliphatic heterocycles. The topological polar surface area (TPSA) is 18.5 Å². The number of hydrogen-bond donors (Lipinski definition) is 0. The molecule has 0 fully saturated rings. The Labute approximate surface area is 119 Å². The molecule has 16 heteroatoms. The fourth-order valence-corrected chi connectivity index (χ4v) is 2.14. The first-order chi connectivity index (χ1) is 9.37. The van der Waals surface area contributed by atoms with Crippen molar-refractivity contribution < 1.29 is 61.7 Å². The molecule has 0 aromatic carbocycles. The van der Waals surface area contributed by atoms with Crippen LogP contribution in [0.4, 0.5) is 52.7 Å². The van der Waals surface area contributed by atoms with Crippen LogP contribution >= 0.6 is 19.0 Å². The van der Waals surface area contributed by atoms with Crippen molar-refractivity contribution in [3.8, 4) is 0 Å². The van der Waals surface area contributed by atoms with Gasteiger partial charge in [0.05, 0.1) is 0 Å². The first-order valence-corrected chi connectivity index (χ1v) is 6.51. The third-order valence-corrected chi connectivity index (χ3v) is 2.80. The summed E-state index contributed by atoms with van der Waals surface area (Å²) in [5.74, 6) is 0. The molecule has 134 valence electrons. The highest BCUT2D eigenvalue weighted by atomic mass is 35.7. The van der Waals surface area contributed by atoms with Gasteiger partial charge in [-0.2, -0.15) is 52.7 Å². The highest BCUT2D eigenvalue weighted by Crippen LogP contribution is 2.54. The molecule has 0 aliphatic carbocycles. The molecule has 0 unspecified atom stereocenters. The van der Waals surface area contributed by atoms with Crippen LogP contribution in [-0.4, -0.2) is 36.9 Å². The lowest BCUT2D eigenvalue weighted by Gasteiger charge is -2.28. The van der Waals surface area contributed by atoms with Crippen LogP contribution in [0.25, 0.3) is 0 Å². The molecule has 0 saturated carbocycles. The molecule has 0 amide bonds. The zero-order valence-corrected chi connectivity index (χ0v) is 11.0. The van der Waals surface area contributed by atoms with Gasteiger partial charge >= 0.3 is 24.7 Å². The molecule has 0 atom stereocenters. The van der Waals surface area contributed by atoms with Gasteiger partial charge in [-0.1, -0.05) is 0 Å². The minimum atomic E-state index is -6.18. The lowest BCUT2D eigenvalue weighted by atomic mass is 10.3. The SMILES string of the molecule is FC(F)(F)C(OP(Cl)OC(C(F)(F)F)C(F)(F)F)C(F)(F)F. The quantitative estimate of drug-likeness (QED) is 0.460. The second kappa shape index (κ2) is 6.73. The Morgan fingerprint density at radius 2 is 0.727 bits per heavy atom. The van der Waals surface area contributed by atoms with Crippen LogP contribution in [0, 0.1) is 0 Å². The molecule has 0 aromatic heterocycles. The van der Waals surface area contributed by atoms with Crippen molar-refractivity contribution in [1.82, 2.24) is 0 Å². The highest BCUT2D eigenvalue weighted by Gasteiger charge is 2.62. The molecule has 0 heterocycles. The summed E-state index contributed by atoms with van der Waals surface area (Å²) in [6, 6.07) is 0. The third kappa shape index (κ3) is 6.92. The van der Waals surface area contributed by atoms with Crippen molar-refractivity contribution in [3.05, 3.63) is 0 Å². The Balaban J connectivity index is 5.15. The predicted octanol–water partition coefficient (Wildman–Crippen LogP) is 5.47. The Bertz CT molecular complexity index is 297. The molecule has 0 N–H and O–H groups in total. The van der Waals surface area contributed by atoms with E-state index in [9.17, 15) is 52.7 Å². The van der Waals surface area contributed by atoms with Crippen LogP contribution in [0.15, 0.2) is 0 Å². The van der Waals surface area contributed by atoms with Gasteiger partial charge in [0, 0.05) is 0 Å². The van der Waals surface area contributed by atoms with E-state index >= 15 is 0 Å². The number of halogens is 13. The van der Waals surface area contributed by atoms with Crippen LogP contribution in [-0.2, 0) is 9.05 Å². The summed E-state index contributed by atoms with van der Waals surface area (Å²) in [4.78, 5) is 0. The van der Waals surface area contributed by atoms with E-state index in [2.05, 4.69) is 20.3 Å². The second-order valence-electron chi connectivity index (χ2n) is 3.35. The first kappa shape index (κ1) is 21.8. The zero-order chi connectivity index (χ0) is 18.1. The molecule has 22 heavy (non-hydrogen) atoms. The number of alkyl halides is 12. The molecular weight excluding hydrogens is 398 g/mol. The second-order valence-corrected chi connectivity index (χ2v) is 5.02. The lowest BCUT2D eigenvalue weighted by molar-refractivity contribution is -0.310. The summed E-state index contributed by atoms with van der Waals surface area (Å²) < 4.78 is 150. The number of rotatable bonds is 4. The minimum absolute atomic E-state index is 2.96. The van der Waals surface area contributed by atoms with E-state index in [-0.39, 0.29) is 0 Å². The molecule has 0 saturated heterocycles. The van der Waals surface area contributed by atoms with Gasteiger partial charge in [0.1, 0.15) is 0 Å². The van der Waals surface area contributed by atoms with Gasteiger partial charge in [-0.05, 0) is 11.2 Å². The summed E-state index contributed by atoms with van der Waals surface area (Å²) >= 11 is 4.51. The zero-order valence-electron chi connectivity index (χ0n) is 9.33. The van der Waals surface area contributed by atoms with Crippen LogP contribution in [0.1, 0.15) is 0 Å². The molecule has 0 radical (unpaired) electrons. The summed E-state index contributed by atoms with van der Waals surface area (Å²) in [5.41, 5.74) is 0. The van der Waals surface area contributed by atoms with E-state index < -0.39 is 44.6 Å². The largest absolute Gasteiger partial charge is 0.424 e. The Hall–Kier alpha value is -0.200. The van der Waals surface area contributed by atoms with Crippen LogP contribution in [0.3, 0.4) is 0 Å². The van der Waals surface area contributed by atoms with E-state index in [0.29, 0.717) is 0 Å². The molecule has 0 aliphatic rings. The first-order valence-electron chi connectivity index (χ1n) is 4.43. The maximum Gasteiger partial charge on any atom is 0.424 e. The van der Waals surface area contributed by atoms with Crippen molar-refractivity contribution in [2.75, 3.05) is 0 Å². The van der Waals surface area contributed by atoms with Crippen LogP contribution in [0.5, 0.6) is 0 Å². The smallest absolute Gasteiger partial charge is 0.299 e. The summed E-state index contributed by atoms with van der Waals surface area (Å²) in [5, 5.41) is 0. The van der Waals surface area contributed by atoms with Gasteiger partial charge in [0.2, 0.25) is 0 Å². The standard InChI is InChI=1S/C6H2ClF12O2P/c7-22(20-1(3(8,9)10)4(11,12)13)21-2(5(14,15)16)6(17,18)19/h1-2H. The van der Waals surface area contributed by atoms with Crippen molar-refractivity contribution in [2.45, 2.75) is 36.9 Å². The fraction of sp³-hybridized carbons (Fsp3) is 1.00. The Kier molecular flexibility index (Phi) is 6.67. The summed E-state index contributed by atoms with van der Waals surface area (Å²) in [7, 11) is -4.32. The monoisotopic (exact) mass is 400 g/mol. The van der Waals surface area contributed by atoms with E-state index in [0.717, 1.165) is 0 Å². The van der Waals surface area contributed by atoms with Gasteiger partial charge in [-0.25, -0.2) is 0 Å². The summed E-state index contributed by atoms with van der Waals surface area (Å²) in [6.45, 7) is 0. The van der Waals surface area contributed by atoms with Gasteiger partial charge in [-0.15, -0.1) is 0 Å². The van der Waals surface area contributed by atoms with E-state index in [1.165, 1.54) is 0 Å². The van der Waals surface area contributed by atoms with Crippen molar-refractivity contribution in [3.63, 3.8) is 0 Å². The fourth-order valence-electron chi connectivity index (χ4n) is 0.801. The normalized spacial score (nSPS) is 15.3. The lowest BCUT2D eigenvalue weighted by Crippen LogP contribution is -2.45. The van der Waals surface area contributed by atoms with E-state index in [1.54, 1.807) is 0 Å². The molecule has 0 aromatic rings. The molecule has 2 nitrogen and oxygen atoms in total. The van der Waals surface area contributed by atoms with Crippen molar-refractivity contribution in [2.24, 2.45) is 0 Å². The Morgan fingerprint density at radius 3 is 0.864 bits per heavy atom. The number of hydrogen-bond acceptors (Lipinski definition) is 2. The van der Waals surface area contributed by atoms with E-state index in [1.807, 2.05) is 0 Å². The minimum Gasteiger partial charge on any atom is -0.299 e. The van der Waals surface area contributed by atoms with Gasteiger partial charge in [0.25, 0.3) is 19.9 Å². The van der Waals surface area contributed by atoms with Crippen LogP contribution < -0.4 is 0 Å². The maximum absolute atomic E-state index is 12.0. The molecule has 0 spiro atoms. The average molecular weight is 400 g/mol. The highest BCUT2D eigenvalue weighted by molar-refractivity contribution is 7.76. The maximum atomic E-state index is 12.0. The van der Waals surface area contributed by atoms with E-state index in [4.69, 9.17) is 0 Å². The van der Waals surface area contributed by atoms with Crippen LogP contribution in [0.2, 0.25) is 0 Å². The third-order valence-electron chi connectivity index (χ3n) is 1.57. The van der Waals surface area contributed by atoms with Gasteiger partial charge in [-0.3, -0.25) is 9.05 Å². The van der Waals surface area contributed by atoms with Crippen molar-refractivity contribution in [1.29, 1.82) is 0 Å². The van der Waals surface area contributed by atoms with Gasteiger partial charge in [0.15, 0.2) is 0 Å². The molecule has 0 rings (SSSR count). The average Bonchev–Trinajstić information content (AvgIpc) is 2.15. The summed E-state index contributed by atoms with van der Waals surface area (Å²) in [6.07, 6.45) is -34.1. The van der Waals surface area contributed by atoms with Crippen molar-refractivity contribution >= 4 is 19.0 Å². The predicted molar refractivity (Wildman–Crippen MR) is 46.7 cm³/mol.